The van der Waals surface area contributed by atoms with Gasteiger partial charge >= 0.3 is 5.69 Å². The van der Waals surface area contributed by atoms with E-state index in [1.807, 2.05) is 22.8 Å². The number of nitrogens with zero attached hydrogens (tertiary/aromatic N) is 6. The molecule has 1 N–H and O–H groups in total. The summed E-state index contributed by atoms with van der Waals surface area (Å²) >= 11 is 0. The maximum atomic E-state index is 13.1. The molecule has 2 aromatic carbocycles. The molecule has 0 aliphatic heterocycles. The maximum absolute atomic E-state index is 13.1. The van der Waals surface area contributed by atoms with Gasteiger partial charge in [-0.25, -0.2) is 14.6 Å². The van der Waals surface area contributed by atoms with Gasteiger partial charge in [0.15, 0.2) is 5.82 Å². The molecular formula is C27H35N7O. The first kappa shape index (κ1) is 24.6. The topological polar surface area (TPSA) is 94.3 Å². The van der Waals surface area contributed by atoms with Crippen molar-refractivity contribution in [3.05, 3.63) is 70.4 Å². The smallest absolute Gasteiger partial charge is 0.274 e. The van der Waals surface area contributed by atoms with E-state index in [2.05, 4.69) is 69.9 Å². The van der Waals surface area contributed by atoms with Crippen LogP contribution in [0, 0.1) is 0 Å². The van der Waals surface area contributed by atoms with Gasteiger partial charge in [0, 0.05) is 18.5 Å². The zero-order valence-corrected chi connectivity index (χ0v) is 20.8. The summed E-state index contributed by atoms with van der Waals surface area (Å²) in [5, 5.41) is 19.0. The molecule has 0 atom stereocenters. The van der Waals surface area contributed by atoms with Crippen LogP contribution in [0.4, 0.5) is 0 Å². The van der Waals surface area contributed by atoms with Crippen molar-refractivity contribution in [1.82, 2.24) is 35.0 Å². The summed E-state index contributed by atoms with van der Waals surface area (Å²) in [5.41, 5.74) is 4.13. The Labute approximate surface area is 206 Å². The van der Waals surface area contributed by atoms with Crippen LogP contribution in [0.25, 0.3) is 22.5 Å². The summed E-state index contributed by atoms with van der Waals surface area (Å²) in [5.74, 6) is 1.53. The molecule has 0 saturated heterocycles. The lowest BCUT2D eigenvalue weighted by Crippen LogP contribution is -2.26. The SMILES string of the molecule is CCCCCCCCc1nn(CCC)c(=O)n1Cc1ccc(-c2ccccc2-c2nnn[nH]2)cc1. The highest BCUT2D eigenvalue weighted by Gasteiger charge is 2.14. The summed E-state index contributed by atoms with van der Waals surface area (Å²) in [6.45, 7) is 5.49. The Morgan fingerprint density at radius 3 is 2.31 bits per heavy atom. The fraction of sp³-hybridized carbons (Fsp3) is 0.444. The van der Waals surface area contributed by atoms with Crippen molar-refractivity contribution in [1.29, 1.82) is 0 Å². The second-order valence-electron chi connectivity index (χ2n) is 9.02. The zero-order chi connectivity index (χ0) is 24.5. The van der Waals surface area contributed by atoms with Crippen LogP contribution in [-0.4, -0.2) is 35.0 Å². The van der Waals surface area contributed by atoms with Gasteiger partial charge < -0.3 is 0 Å². The van der Waals surface area contributed by atoms with Crippen LogP contribution in [-0.2, 0) is 19.5 Å². The number of aryl methyl sites for hydroxylation is 2. The van der Waals surface area contributed by atoms with Crippen molar-refractivity contribution >= 4 is 0 Å². The van der Waals surface area contributed by atoms with Crippen molar-refractivity contribution in [2.75, 3.05) is 0 Å². The van der Waals surface area contributed by atoms with Gasteiger partial charge in [-0.15, -0.1) is 5.10 Å². The standard InChI is InChI=1S/C27H35N7O/c1-3-5-6-7-8-9-14-25-30-34(19-4-2)27(35)33(25)20-21-15-17-22(18-16-21)23-12-10-11-13-24(23)26-28-31-32-29-26/h10-13,15-18H,3-9,14,19-20H2,1-2H3,(H,28,29,31,32). The third kappa shape index (κ3) is 6.12. The average molecular weight is 474 g/mol. The van der Waals surface area contributed by atoms with E-state index in [0.717, 1.165) is 47.3 Å². The summed E-state index contributed by atoms with van der Waals surface area (Å²) in [6, 6.07) is 16.4. The molecule has 0 unspecified atom stereocenters. The third-order valence-electron chi connectivity index (χ3n) is 6.32. The molecule has 35 heavy (non-hydrogen) atoms. The van der Waals surface area contributed by atoms with Crippen molar-refractivity contribution in [2.24, 2.45) is 0 Å². The lowest BCUT2D eigenvalue weighted by Gasteiger charge is -2.09. The van der Waals surface area contributed by atoms with Gasteiger partial charge in [0.25, 0.3) is 0 Å². The number of rotatable bonds is 13. The molecule has 0 amide bonds. The number of aromatic nitrogens is 7. The Bertz CT molecular complexity index is 1240. The normalized spacial score (nSPS) is 11.3. The number of hydrogen-bond acceptors (Lipinski definition) is 5. The number of nitrogens with one attached hydrogen (secondary N) is 1. The summed E-state index contributed by atoms with van der Waals surface area (Å²) in [7, 11) is 0. The van der Waals surface area contributed by atoms with E-state index >= 15 is 0 Å². The molecule has 0 aliphatic rings. The van der Waals surface area contributed by atoms with Crippen molar-refractivity contribution in [3.8, 4) is 22.5 Å². The molecular weight excluding hydrogens is 438 g/mol. The Hall–Kier alpha value is -3.55. The largest absolute Gasteiger partial charge is 0.346 e. The second kappa shape index (κ2) is 12.2. The predicted octanol–water partition coefficient (Wildman–Crippen LogP) is 5.25. The first-order valence-corrected chi connectivity index (χ1v) is 12.8. The minimum Gasteiger partial charge on any atom is -0.274 e. The number of H-pyrrole nitrogens is 1. The quantitative estimate of drug-likeness (QED) is 0.268. The lowest BCUT2D eigenvalue weighted by molar-refractivity contribution is 0.566. The number of benzene rings is 2. The highest BCUT2D eigenvalue weighted by atomic mass is 16.2. The average Bonchev–Trinajstić information content (AvgIpc) is 3.52. The second-order valence-corrected chi connectivity index (χ2v) is 9.02. The Balaban J connectivity index is 1.51. The molecule has 184 valence electrons. The molecule has 8 heteroatoms. The lowest BCUT2D eigenvalue weighted by atomic mass is 9.98. The van der Waals surface area contributed by atoms with Gasteiger partial charge in [-0.2, -0.15) is 5.10 Å². The van der Waals surface area contributed by atoms with E-state index in [-0.39, 0.29) is 5.69 Å². The van der Waals surface area contributed by atoms with Gasteiger partial charge in [-0.05, 0) is 40.0 Å². The molecule has 8 nitrogen and oxygen atoms in total. The van der Waals surface area contributed by atoms with E-state index in [4.69, 9.17) is 0 Å². The van der Waals surface area contributed by atoms with Crippen LogP contribution >= 0.6 is 0 Å². The fourth-order valence-electron chi connectivity index (χ4n) is 4.44. The van der Waals surface area contributed by atoms with Gasteiger partial charge in [-0.1, -0.05) is 94.5 Å². The van der Waals surface area contributed by atoms with Crippen molar-refractivity contribution < 1.29 is 0 Å². The van der Waals surface area contributed by atoms with E-state index < -0.39 is 0 Å². The number of unbranched alkanes of at least 4 members (excludes halogenated alkanes) is 5. The zero-order valence-electron chi connectivity index (χ0n) is 20.8. The molecule has 2 heterocycles. The van der Waals surface area contributed by atoms with Gasteiger partial charge in [0.2, 0.25) is 0 Å². The van der Waals surface area contributed by atoms with E-state index in [1.54, 1.807) is 4.68 Å². The monoisotopic (exact) mass is 473 g/mol. The number of hydrogen-bond donors (Lipinski definition) is 1. The Morgan fingerprint density at radius 2 is 1.60 bits per heavy atom. The third-order valence-corrected chi connectivity index (χ3v) is 6.32. The van der Waals surface area contributed by atoms with Gasteiger partial charge in [-0.3, -0.25) is 4.57 Å². The highest BCUT2D eigenvalue weighted by Crippen LogP contribution is 2.29. The minimum absolute atomic E-state index is 0.0138. The van der Waals surface area contributed by atoms with Crippen LogP contribution < -0.4 is 5.69 Å². The van der Waals surface area contributed by atoms with Crippen LogP contribution in [0.2, 0.25) is 0 Å². The summed E-state index contributed by atoms with van der Waals surface area (Å²) in [6.07, 6.45) is 9.07. The minimum atomic E-state index is -0.0138. The number of tetrazole rings is 1. The van der Waals surface area contributed by atoms with Crippen LogP contribution in [0.15, 0.2) is 53.3 Å². The molecule has 0 aliphatic carbocycles. The molecule has 4 aromatic rings. The Kier molecular flexibility index (Phi) is 8.59. The van der Waals surface area contributed by atoms with Crippen molar-refractivity contribution in [3.63, 3.8) is 0 Å². The molecule has 0 radical (unpaired) electrons. The van der Waals surface area contributed by atoms with Gasteiger partial charge in [0.05, 0.1) is 6.54 Å². The van der Waals surface area contributed by atoms with Gasteiger partial charge in [0.1, 0.15) is 5.82 Å². The molecule has 0 spiro atoms. The molecule has 0 saturated carbocycles. The number of aromatic amines is 1. The fourth-order valence-corrected chi connectivity index (χ4v) is 4.44. The van der Waals surface area contributed by atoms with E-state index in [1.165, 1.54) is 32.1 Å². The molecule has 0 bridgehead atoms. The van der Waals surface area contributed by atoms with E-state index in [0.29, 0.717) is 18.9 Å². The highest BCUT2D eigenvalue weighted by molar-refractivity contribution is 5.80. The first-order valence-electron chi connectivity index (χ1n) is 12.8. The first-order chi connectivity index (χ1) is 17.2. The van der Waals surface area contributed by atoms with Crippen LogP contribution in [0.3, 0.4) is 0 Å². The Morgan fingerprint density at radius 1 is 0.857 bits per heavy atom. The molecule has 2 aromatic heterocycles. The summed E-state index contributed by atoms with van der Waals surface area (Å²) in [4.78, 5) is 13.1. The predicted molar refractivity (Wildman–Crippen MR) is 138 cm³/mol. The van der Waals surface area contributed by atoms with Crippen molar-refractivity contribution in [2.45, 2.75) is 78.3 Å². The van der Waals surface area contributed by atoms with E-state index in [9.17, 15) is 4.79 Å². The molecule has 4 rings (SSSR count). The maximum Gasteiger partial charge on any atom is 0.346 e. The van der Waals surface area contributed by atoms with Crippen LogP contribution in [0.5, 0.6) is 0 Å². The van der Waals surface area contributed by atoms with Crippen LogP contribution in [0.1, 0.15) is 70.2 Å². The summed E-state index contributed by atoms with van der Waals surface area (Å²) < 4.78 is 3.48. The molecule has 0 fully saturated rings.